The highest BCUT2D eigenvalue weighted by molar-refractivity contribution is 6.30. The second-order valence-corrected chi connectivity index (χ2v) is 8.29. The van der Waals surface area contributed by atoms with Crippen LogP contribution in [0.2, 0.25) is 5.02 Å². The summed E-state index contributed by atoms with van der Waals surface area (Å²) in [5, 5.41) is 4.08. The van der Waals surface area contributed by atoms with E-state index < -0.39 is 23.3 Å². The molecule has 2 aliphatic rings. The quantitative estimate of drug-likeness (QED) is 0.664. The van der Waals surface area contributed by atoms with Crippen LogP contribution in [0.1, 0.15) is 16.1 Å². The number of carbonyl (C=O) groups is 2. The standard InChI is InChI=1S/C21H23ClF3N5O3/c22-15-2-1-3-16(12-15)30-19(21(23,24)25)17(13-26-30)20(32)29-6-4-28(5-7-29)18(31)14-27-8-10-33-11-9-27/h1-3,12-13H,4-11,14H2. The van der Waals surface area contributed by atoms with Gasteiger partial charge in [0.2, 0.25) is 5.91 Å². The first-order valence-electron chi connectivity index (χ1n) is 10.5. The lowest BCUT2D eigenvalue weighted by Crippen LogP contribution is -2.53. The molecule has 0 aliphatic carbocycles. The Morgan fingerprint density at radius 2 is 1.70 bits per heavy atom. The van der Waals surface area contributed by atoms with Gasteiger partial charge in [-0.15, -0.1) is 0 Å². The third-order valence-electron chi connectivity index (χ3n) is 5.70. The molecule has 2 aromatic rings. The van der Waals surface area contributed by atoms with E-state index in [1.165, 1.54) is 29.2 Å². The minimum absolute atomic E-state index is 0.0613. The molecule has 1 aromatic heterocycles. The van der Waals surface area contributed by atoms with Crippen molar-refractivity contribution in [2.24, 2.45) is 0 Å². The van der Waals surface area contributed by atoms with Gasteiger partial charge in [0.15, 0.2) is 5.69 Å². The molecule has 0 radical (unpaired) electrons. The van der Waals surface area contributed by atoms with Crippen molar-refractivity contribution in [3.63, 3.8) is 0 Å². The van der Waals surface area contributed by atoms with Crippen molar-refractivity contribution >= 4 is 23.4 Å². The monoisotopic (exact) mass is 485 g/mol. The Labute approximate surface area is 193 Å². The third-order valence-corrected chi connectivity index (χ3v) is 5.94. The molecule has 0 N–H and O–H groups in total. The van der Waals surface area contributed by atoms with E-state index >= 15 is 0 Å². The van der Waals surface area contributed by atoms with Crippen LogP contribution in [-0.2, 0) is 15.7 Å². The van der Waals surface area contributed by atoms with Crippen LogP contribution in [0.15, 0.2) is 30.5 Å². The van der Waals surface area contributed by atoms with E-state index in [1.807, 2.05) is 4.90 Å². The van der Waals surface area contributed by atoms with Crippen molar-refractivity contribution in [3.05, 3.63) is 46.7 Å². The van der Waals surface area contributed by atoms with Gasteiger partial charge in [-0.05, 0) is 18.2 Å². The van der Waals surface area contributed by atoms with Gasteiger partial charge in [-0.1, -0.05) is 17.7 Å². The largest absolute Gasteiger partial charge is 0.434 e. The molecular formula is C21H23ClF3N5O3. The van der Waals surface area contributed by atoms with Crippen LogP contribution in [-0.4, -0.2) is 95.3 Å². The lowest BCUT2D eigenvalue weighted by Gasteiger charge is -2.36. The smallest absolute Gasteiger partial charge is 0.379 e. The molecule has 12 heteroatoms. The maximum atomic E-state index is 13.9. The molecule has 2 aliphatic heterocycles. The van der Waals surface area contributed by atoms with Crippen LogP contribution in [0.4, 0.5) is 13.2 Å². The highest BCUT2D eigenvalue weighted by Crippen LogP contribution is 2.34. The van der Waals surface area contributed by atoms with Crippen molar-refractivity contribution in [2.75, 3.05) is 59.0 Å². The molecule has 0 unspecified atom stereocenters. The van der Waals surface area contributed by atoms with Crippen LogP contribution in [0.3, 0.4) is 0 Å². The van der Waals surface area contributed by atoms with E-state index in [0.717, 1.165) is 6.20 Å². The van der Waals surface area contributed by atoms with E-state index in [4.69, 9.17) is 16.3 Å². The Morgan fingerprint density at radius 3 is 2.33 bits per heavy atom. The fourth-order valence-electron chi connectivity index (χ4n) is 3.96. The van der Waals surface area contributed by atoms with Gasteiger partial charge in [-0.25, -0.2) is 4.68 Å². The molecule has 2 amide bonds. The molecule has 178 valence electrons. The van der Waals surface area contributed by atoms with Crippen LogP contribution in [0, 0.1) is 0 Å². The Bertz CT molecular complexity index is 1010. The number of piperazine rings is 1. The van der Waals surface area contributed by atoms with E-state index in [1.54, 1.807) is 4.90 Å². The molecule has 1 aromatic carbocycles. The van der Waals surface area contributed by atoms with Crippen molar-refractivity contribution in [1.82, 2.24) is 24.5 Å². The van der Waals surface area contributed by atoms with Gasteiger partial charge < -0.3 is 14.5 Å². The third kappa shape index (κ3) is 5.31. The fraction of sp³-hybridized carbons (Fsp3) is 0.476. The van der Waals surface area contributed by atoms with E-state index in [9.17, 15) is 22.8 Å². The number of alkyl halides is 3. The SMILES string of the molecule is O=C(CN1CCOCC1)N1CCN(C(=O)c2cnn(-c3cccc(Cl)c3)c2C(F)(F)F)CC1. The Hall–Kier alpha value is -2.63. The van der Waals surface area contributed by atoms with Crippen molar-refractivity contribution in [1.29, 1.82) is 0 Å². The Kier molecular flexibility index (Phi) is 6.91. The molecule has 8 nitrogen and oxygen atoms in total. The van der Waals surface area contributed by atoms with Crippen LogP contribution < -0.4 is 0 Å². The van der Waals surface area contributed by atoms with Crippen LogP contribution in [0.25, 0.3) is 5.69 Å². The number of nitrogens with zero attached hydrogens (tertiary/aromatic N) is 5. The first-order chi connectivity index (χ1) is 15.7. The van der Waals surface area contributed by atoms with Gasteiger partial charge in [0.05, 0.1) is 37.2 Å². The summed E-state index contributed by atoms with van der Waals surface area (Å²) in [4.78, 5) is 30.5. The van der Waals surface area contributed by atoms with Gasteiger partial charge in [0.1, 0.15) is 0 Å². The number of amides is 2. The second kappa shape index (κ2) is 9.70. The average Bonchev–Trinajstić information content (AvgIpc) is 3.25. The molecule has 0 saturated carbocycles. The van der Waals surface area contributed by atoms with Crippen molar-refractivity contribution in [3.8, 4) is 5.69 Å². The van der Waals surface area contributed by atoms with E-state index in [2.05, 4.69) is 5.10 Å². The van der Waals surface area contributed by atoms with E-state index in [0.29, 0.717) is 31.0 Å². The average molecular weight is 486 g/mol. The normalized spacial score (nSPS) is 17.9. The molecule has 3 heterocycles. The maximum Gasteiger partial charge on any atom is 0.434 e. The Balaban J connectivity index is 1.46. The lowest BCUT2D eigenvalue weighted by molar-refractivity contribution is -0.143. The van der Waals surface area contributed by atoms with Gasteiger partial charge in [0.25, 0.3) is 5.91 Å². The van der Waals surface area contributed by atoms with Crippen LogP contribution in [0.5, 0.6) is 0 Å². The summed E-state index contributed by atoms with van der Waals surface area (Å²) in [6, 6.07) is 5.82. The summed E-state index contributed by atoms with van der Waals surface area (Å²) in [6.45, 7) is 3.61. The predicted molar refractivity (Wildman–Crippen MR) is 113 cm³/mol. The first kappa shape index (κ1) is 23.5. The summed E-state index contributed by atoms with van der Waals surface area (Å²) in [7, 11) is 0. The van der Waals surface area contributed by atoms with Gasteiger partial charge in [0, 0.05) is 44.3 Å². The summed E-state index contributed by atoms with van der Waals surface area (Å²) in [5.74, 6) is -0.829. The predicted octanol–water partition coefficient (Wildman–Crippen LogP) is 2.16. The maximum absolute atomic E-state index is 13.9. The summed E-state index contributed by atoms with van der Waals surface area (Å²) >= 11 is 5.91. The molecular weight excluding hydrogens is 463 g/mol. The summed E-state index contributed by atoms with van der Waals surface area (Å²) < 4.78 is 47.7. The number of morpholine rings is 1. The number of aromatic nitrogens is 2. The molecule has 4 rings (SSSR count). The molecule has 0 spiro atoms. The minimum atomic E-state index is -4.81. The molecule has 0 bridgehead atoms. The summed E-state index contributed by atoms with van der Waals surface area (Å²) in [5.41, 5.74) is -1.58. The van der Waals surface area contributed by atoms with Gasteiger partial charge >= 0.3 is 6.18 Å². The van der Waals surface area contributed by atoms with Gasteiger partial charge in [-0.2, -0.15) is 18.3 Å². The van der Waals surface area contributed by atoms with E-state index in [-0.39, 0.29) is 49.3 Å². The van der Waals surface area contributed by atoms with Crippen LogP contribution >= 0.6 is 11.6 Å². The number of halogens is 4. The first-order valence-corrected chi connectivity index (χ1v) is 10.9. The number of rotatable bonds is 4. The highest BCUT2D eigenvalue weighted by Gasteiger charge is 2.42. The number of benzene rings is 1. The topological polar surface area (TPSA) is 70.9 Å². The number of hydrogen-bond donors (Lipinski definition) is 0. The Morgan fingerprint density at radius 1 is 1.03 bits per heavy atom. The zero-order valence-corrected chi connectivity index (χ0v) is 18.5. The fourth-order valence-corrected chi connectivity index (χ4v) is 4.15. The number of hydrogen-bond acceptors (Lipinski definition) is 5. The lowest BCUT2D eigenvalue weighted by atomic mass is 10.1. The molecule has 0 atom stereocenters. The zero-order valence-electron chi connectivity index (χ0n) is 17.7. The molecule has 2 fully saturated rings. The minimum Gasteiger partial charge on any atom is -0.379 e. The van der Waals surface area contributed by atoms with Crippen molar-refractivity contribution in [2.45, 2.75) is 6.18 Å². The summed E-state index contributed by atoms with van der Waals surface area (Å²) in [6.07, 6.45) is -3.87. The number of carbonyl (C=O) groups excluding carboxylic acids is 2. The highest BCUT2D eigenvalue weighted by atomic mass is 35.5. The second-order valence-electron chi connectivity index (χ2n) is 7.86. The number of ether oxygens (including phenoxy) is 1. The molecule has 33 heavy (non-hydrogen) atoms. The van der Waals surface area contributed by atoms with Gasteiger partial charge in [-0.3, -0.25) is 14.5 Å². The van der Waals surface area contributed by atoms with Crippen molar-refractivity contribution < 1.29 is 27.5 Å². The zero-order chi connectivity index (χ0) is 23.6. The molecule has 2 saturated heterocycles.